The van der Waals surface area contributed by atoms with Crippen LogP contribution in [0.25, 0.3) is 5.78 Å². The van der Waals surface area contributed by atoms with Gasteiger partial charge in [0, 0.05) is 22.7 Å². The smallest absolute Gasteiger partial charge is 0.254 e. The number of hydrogen-bond donors (Lipinski definition) is 1. The lowest BCUT2D eigenvalue weighted by atomic mass is 10.1. The monoisotopic (exact) mass is 403 g/mol. The van der Waals surface area contributed by atoms with E-state index in [0.717, 1.165) is 59.3 Å². The summed E-state index contributed by atoms with van der Waals surface area (Å²) in [7, 11) is 0. The Balaban J connectivity index is 1.54. The van der Waals surface area contributed by atoms with Crippen molar-refractivity contribution in [2.45, 2.75) is 39.0 Å². The SMILES string of the molecule is CCc1ccc(Nc2c3c(nc4nc(Cc5ccc(Cl)cc5)nn24)CCC3)cc1. The number of anilines is 2. The molecule has 0 unspecified atom stereocenters. The quantitative estimate of drug-likeness (QED) is 0.499. The van der Waals surface area contributed by atoms with Crippen LogP contribution in [0.15, 0.2) is 48.5 Å². The van der Waals surface area contributed by atoms with Crippen molar-refractivity contribution in [3.63, 3.8) is 0 Å². The highest BCUT2D eigenvalue weighted by Crippen LogP contribution is 2.30. The molecule has 0 atom stereocenters. The molecular formula is C23H22ClN5. The third-order valence-electron chi connectivity index (χ3n) is 5.46. The predicted molar refractivity (Wildman–Crippen MR) is 116 cm³/mol. The molecule has 4 aromatic rings. The first-order valence-electron chi connectivity index (χ1n) is 10.1. The second kappa shape index (κ2) is 7.48. The first-order valence-corrected chi connectivity index (χ1v) is 10.4. The Bertz CT molecular complexity index is 1160. The number of benzene rings is 2. The summed E-state index contributed by atoms with van der Waals surface area (Å²) in [6.45, 7) is 2.17. The van der Waals surface area contributed by atoms with Gasteiger partial charge in [-0.05, 0) is 61.1 Å². The minimum atomic E-state index is 0.649. The third-order valence-corrected chi connectivity index (χ3v) is 5.71. The van der Waals surface area contributed by atoms with Crippen molar-refractivity contribution in [2.75, 3.05) is 5.32 Å². The maximum Gasteiger partial charge on any atom is 0.254 e. The average Bonchev–Trinajstić information content (AvgIpc) is 3.36. The highest BCUT2D eigenvalue weighted by Gasteiger charge is 2.22. The maximum absolute atomic E-state index is 6.00. The zero-order valence-corrected chi connectivity index (χ0v) is 17.1. The number of rotatable bonds is 5. The molecule has 2 aromatic carbocycles. The molecule has 0 saturated carbocycles. The molecule has 2 aromatic heterocycles. The third kappa shape index (κ3) is 3.58. The number of nitrogens with one attached hydrogen (secondary N) is 1. The van der Waals surface area contributed by atoms with Crippen molar-refractivity contribution in [1.29, 1.82) is 0 Å². The molecule has 29 heavy (non-hydrogen) atoms. The van der Waals surface area contributed by atoms with Gasteiger partial charge in [-0.15, -0.1) is 5.10 Å². The molecule has 2 heterocycles. The Morgan fingerprint density at radius 2 is 1.72 bits per heavy atom. The van der Waals surface area contributed by atoms with E-state index in [1.165, 1.54) is 11.1 Å². The van der Waals surface area contributed by atoms with E-state index < -0.39 is 0 Å². The molecule has 0 radical (unpaired) electrons. The fourth-order valence-corrected chi connectivity index (χ4v) is 4.00. The van der Waals surface area contributed by atoms with Gasteiger partial charge in [0.2, 0.25) is 0 Å². The van der Waals surface area contributed by atoms with Crippen molar-refractivity contribution in [3.05, 3.63) is 81.8 Å². The Labute approximate surface area is 174 Å². The molecule has 0 saturated heterocycles. The first-order chi connectivity index (χ1) is 14.2. The van der Waals surface area contributed by atoms with E-state index in [0.29, 0.717) is 12.2 Å². The standard InChI is InChI=1S/C23H22ClN5/c1-2-15-8-12-18(13-9-15)25-22-19-4-3-5-20(19)26-23-27-21(28-29(22)23)14-16-6-10-17(24)11-7-16/h6-13,25H,2-5,14H2,1H3. The van der Waals surface area contributed by atoms with E-state index in [2.05, 4.69) is 36.5 Å². The Morgan fingerprint density at radius 1 is 0.966 bits per heavy atom. The lowest BCUT2D eigenvalue weighted by Gasteiger charge is -2.12. The minimum absolute atomic E-state index is 0.649. The highest BCUT2D eigenvalue weighted by molar-refractivity contribution is 6.30. The minimum Gasteiger partial charge on any atom is -0.340 e. The van der Waals surface area contributed by atoms with Gasteiger partial charge in [-0.3, -0.25) is 0 Å². The number of nitrogens with zero attached hydrogens (tertiary/aromatic N) is 4. The normalized spacial score (nSPS) is 13.0. The summed E-state index contributed by atoms with van der Waals surface area (Å²) < 4.78 is 1.86. The van der Waals surface area contributed by atoms with Crippen LogP contribution >= 0.6 is 11.6 Å². The van der Waals surface area contributed by atoms with Gasteiger partial charge < -0.3 is 5.32 Å². The number of aromatic nitrogens is 4. The van der Waals surface area contributed by atoms with E-state index >= 15 is 0 Å². The van der Waals surface area contributed by atoms with Crippen molar-refractivity contribution >= 4 is 28.9 Å². The molecule has 0 fully saturated rings. The molecule has 146 valence electrons. The Kier molecular flexibility index (Phi) is 4.68. The number of fused-ring (bicyclic) bond motifs is 2. The maximum atomic E-state index is 6.00. The summed E-state index contributed by atoms with van der Waals surface area (Å²) in [6.07, 6.45) is 4.81. The van der Waals surface area contributed by atoms with E-state index in [4.69, 9.17) is 26.7 Å². The van der Waals surface area contributed by atoms with Crippen molar-refractivity contribution in [3.8, 4) is 0 Å². The van der Waals surface area contributed by atoms with Gasteiger partial charge in [0.15, 0.2) is 5.82 Å². The number of hydrogen-bond acceptors (Lipinski definition) is 4. The molecule has 0 spiro atoms. The lowest BCUT2D eigenvalue weighted by Crippen LogP contribution is -2.07. The molecular weight excluding hydrogens is 382 g/mol. The summed E-state index contributed by atoms with van der Waals surface area (Å²) in [4.78, 5) is 9.50. The van der Waals surface area contributed by atoms with Crippen LogP contribution in [0.4, 0.5) is 11.5 Å². The summed E-state index contributed by atoms with van der Waals surface area (Å²) in [5.41, 5.74) is 5.89. The van der Waals surface area contributed by atoms with Crippen LogP contribution in [0.1, 0.15) is 41.6 Å². The van der Waals surface area contributed by atoms with Crippen LogP contribution in [0.5, 0.6) is 0 Å². The van der Waals surface area contributed by atoms with E-state index in [1.807, 2.05) is 28.8 Å². The average molecular weight is 404 g/mol. The second-order valence-electron chi connectivity index (χ2n) is 7.46. The van der Waals surface area contributed by atoms with E-state index in [-0.39, 0.29) is 0 Å². The lowest BCUT2D eigenvalue weighted by molar-refractivity contribution is 0.885. The summed E-state index contributed by atoms with van der Waals surface area (Å²) in [5.74, 6) is 2.40. The van der Waals surface area contributed by atoms with E-state index in [9.17, 15) is 0 Å². The van der Waals surface area contributed by atoms with Gasteiger partial charge in [-0.2, -0.15) is 9.50 Å². The van der Waals surface area contributed by atoms with Crippen LogP contribution in [-0.4, -0.2) is 19.6 Å². The zero-order valence-electron chi connectivity index (χ0n) is 16.3. The Hall–Kier alpha value is -2.92. The number of halogens is 1. The fourth-order valence-electron chi connectivity index (χ4n) is 3.87. The van der Waals surface area contributed by atoms with Crippen molar-refractivity contribution in [1.82, 2.24) is 19.6 Å². The van der Waals surface area contributed by atoms with Crippen molar-refractivity contribution < 1.29 is 0 Å². The van der Waals surface area contributed by atoms with Crippen LogP contribution in [0.3, 0.4) is 0 Å². The second-order valence-corrected chi connectivity index (χ2v) is 7.89. The molecule has 0 amide bonds. The molecule has 0 bridgehead atoms. The molecule has 1 aliphatic carbocycles. The van der Waals surface area contributed by atoms with Gasteiger partial charge in [0.05, 0.1) is 5.69 Å². The summed E-state index contributed by atoms with van der Waals surface area (Å²) in [6, 6.07) is 16.4. The molecule has 1 aliphatic rings. The summed E-state index contributed by atoms with van der Waals surface area (Å²) in [5, 5.41) is 9.10. The molecule has 5 nitrogen and oxygen atoms in total. The molecule has 0 aliphatic heterocycles. The molecule has 6 heteroatoms. The highest BCUT2D eigenvalue weighted by atomic mass is 35.5. The van der Waals surface area contributed by atoms with Gasteiger partial charge in [-0.1, -0.05) is 42.8 Å². The van der Waals surface area contributed by atoms with Crippen LogP contribution < -0.4 is 5.32 Å². The Morgan fingerprint density at radius 3 is 2.48 bits per heavy atom. The van der Waals surface area contributed by atoms with Crippen LogP contribution in [0, 0.1) is 0 Å². The van der Waals surface area contributed by atoms with Crippen molar-refractivity contribution in [2.24, 2.45) is 0 Å². The predicted octanol–water partition coefficient (Wildman–Crippen LogP) is 5.16. The first kappa shape index (κ1) is 18.1. The molecule has 1 N–H and O–H groups in total. The topological polar surface area (TPSA) is 55.1 Å². The van der Waals surface area contributed by atoms with Crippen LogP contribution in [-0.2, 0) is 25.7 Å². The molecule has 5 rings (SSSR count). The van der Waals surface area contributed by atoms with Gasteiger partial charge in [0.25, 0.3) is 5.78 Å². The van der Waals surface area contributed by atoms with E-state index in [1.54, 1.807) is 0 Å². The fraction of sp³-hybridized carbons (Fsp3) is 0.261. The zero-order chi connectivity index (χ0) is 19.8. The largest absolute Gasteiger partial charge is 0.340 e. The van der Waals surface area contributed by atoms with Gasteiger partial charge in [-0.25, -0.2) is 4.98 Å². The van der Waals surface area contributed by atoms with Gasteiger partial charge in [0.1, 0.15) is 5.82 Å². The van der Waals surface area contributed by atoms with Crippen LogP contribution in [0.2, 0.25) is 5.02 Å². The number of aryl methyl sites for hydroxylation is 2. The summed E-state index contributed by atoms with van der Waals surface area (Å²) >= 11 is 6.00. The van der Waals surface area contributed by atoms with Gasteiger partial charge >= 0.3 is 0 Å².